The number of halogens is 3. The molecule has 1 aromatic heterocycles. The Hall–Kier alpha value is -2.84. The van der Waals surface area contributed by atoms with Crippen LogP contribution in [0.2, 0.25) is 0 Å². The summed E-state index contributed by atoms with van der Waals surface area (Å²) in [7, 11) is 1.48. The molecule has 2 aromatic rings. The van der Waals surface area contributed by atoms with Crippen molar-refractivity contribution in [2.24, 2.45) is 7.05 Å². The Labute approximate surface area is 134 Å². The summed E-state index contributed by atoms with van der Waals surface area (Å²) in [5.41, 5.74) is 0.168. The number of carbonyl (C=O) groups excluding carboxylic acids is 1. The van der Waals surface area contributed by atoms with Crippen LogP contribution in [0.3, 0.4) is 0 Å². The number of rotatable bonds is 5. The van der Waals surface area contributed by atoms with Crippen molar-refractivity contribution >= 4 is 11.6 Å². The third-order valence-electron chi connectivity index (χ3n) is 3.01. The van der Waals surface area contributed by atoms with Crippen LogP contribution in [0.4, 0.5) is 18.9 Å². The number of nitrogens with one attached hydrogen (secondary N) is 1. The first-order valence-electron chi connectivity index (χ1n) is 6.92. The first-order chi connectivity index (χ1) is 11.2. The number of carbonyl (C=O) groups is 1. The molecule has 6 nitrogen and oxygen atoms in total. The van der Waals surface area contributed by atoms with Gasteiger partial charge in [-0.2, -0.15) is 5.10 Å². The van der Waals surface area contributed by atoms with Gasteiger partial charge in [-0.15, -0.1) is 13.2 Å². The summed E-state index contributed by atoms with van der Waals surface area (Å²) in [5, 5.41) is 6.34. The molecule has 0 unspecified atom stereocenters. The van der Waals surface area contributed by atoms with Gasteiger partial charge in [0.1, 0.15) is 0 Å². The van der Waals surface area contributed by atoms with E-state index in [1.54, 1.807) is 0 Å². The Morgan fingerprint density at radius 1 is 1.25 bits per heavy atom. The molecule has 0 spiro atoms. The number of alkyl halides is 3. The largest absolute Gasteiger partial charge is 0.573 e. The quantitative estimate of drug-likeness (QED) is 0.905. The van der Waals surface area contributed by atoms with E-state index in [1.807, 2.05) is 0 Å². The number of ether oxygens (including phenoxy) is 1. The van der Waals surface area contributed by atoms with Gasteiger partial charge in [-0.25, -0.2) is 4.68 Å². The number of hydrogen-bond donors (Lipinski definition) is 1. The minimum Gasteiger partial charge on any atom is -0.404 e. The zero-order chi connectivity index (χ0) is 17.7. The lowest BCUT2D eigenvalue weighted by Gasteiger charge is -2.13. The van der Waals surface area contributed by atoms with E-state index in [2.05, 4.69) is 15.2 Å². The molecule has 1 aromatic carbocycles. The molecule has 1 N–H and O–H groups in total. The minimum absolute atomic E-state index is 0.00838. The maximum Gasteiger partial charge on any atom is 0.573 e. The van der Waals surface area contributed by atoms with E-state index >= 15 is 0 Å². The molecule has 9 heteroatoms. The summed E-state index contributed by atoms with van der Waals surface area (Å²) in [4.78, 5) is 23.1. The number of hydrogen-bond acceptors (Lipinski definition) is 4. The fourth-order valence-corrected chi connectivity index (χ4v) is 1.92. The van der Waals surface area contributed by atoms with Crippen LogP contribution in [0.15, 0.2) is 41.2 Å². The van der Waals surface area contributed by atoms with Crippen LogP contribution in [0.1, 0.15) is 12.1 Å². The Bertz CT molecular complexity index is 787. The summed E-state index contributed by atoms with van der Waals surface area (Å²) in [5.74, 6) is -0.984. The van der Waals surface area contributed by atoms with Gasteiger partial charge in [0.05, 0.1) is 11.4 Å². The Balaban J connectivity index is 1.99. The molecule has 0 aliphatic carbocycles. The number of nitrogens with zero attached hydrogens (tertiary/aromatic N) is 2. The monoisotopic (exact) mass is 341 g/mol. The van der Waals surface area contributed by atoms with E-state index in [-0.39, 0.29) is 24.1 Å². The SMILES string of the molecule is Cn1nc(CCC(=O)Nc2ccccc2OC(F)(F)F)ccc1=O. The fourth-order valence-electron chi connectivity index (χ4n) is 1.92. The zero-order valence-corrected chi connectivity index (χ0v) is 12.6. The van der Waals surface area contributed by atoms with Crippen LogP contribution < -0.4 is 15.6 Å². The molecule has 0 aliphatic heterocycles. The lowest BCUT2D eigenvalue weighted by atomic mass is 10.2. The fraction of sp³-hybridized carbons (Fsp3) is 0.267. The van der Waals surface area contributed by atoms with Crippen molar-refractivity contribution < 1.29 is 22.7 Å². The molecular weight excluding hydrogens is 327 g/mol. The van der Waals surface area contributed by atoms with Crippen LogP contribution >= 0.6 is 0 Å². The van der Waals surface area contributed by atoms with Gasteiger partial charge in [0, 0.05) is 26.0 Å². The van der Waals surface area contributed by atoms with Crippen molar-refractivity contribution in [3.8, 4) is 5.75 Å². The molecular formula is C15H14F3N3O3. The number of para-hydroxylation sites is 2. The zero-order valence-electron chi connectivity index (χ0n) is 12.6. The highest BCUT2D eigenvalue weighted by Gasteiger charge is 2.32. The second-order valence-electron chi connectivity index (χ2n) is 4.88. The van der Waals surface area contributed by atoms with Gasteiger partial charge in [-0.1, -0.05) is 12.1 Å². The molecule has 128 valence electrons. The maximum absolute atomic E-state index is 12.3. The van der Waals surface area contributed by atoms with Crippen LogP contribution in [0.25, 0.3) is 0 Å². The van der Waals surface area contributed by atoms with Gasteiger partial charge < -0.3 is 10.1 Å². The van der Waals surface area contributed by atoms with E-state index in [0.717, 1.165) is 10.7 Å². The van der Waals surface area contributed by atoms with Crippen molar-refractivity contribution in [1.29, 1.82) is 0 Å². The molecule has 1 amide bonds. The van der Waals surface area contributed by atoms with Gasteiger partial charge in [0.25, 0.3) is 5.56 Å². The van der Waals surface area contributed by atoms with E-state index in [4.69, 9.17) is 0 Å². The molecule has 1 heterocycles. The molecule has 0 aliphatic rings. The summed E-state index contributed by atoms with van der Waals surface area (Å²) in [6.07, 6.45) is -4.62. The van der Waals surface area contributed by atoms with Crippen molar-refractivity contribution in [2.45, 2.75) is 19.2 Å². The molecule has 0 bridgehead atoms. The van der Waals surface area contributed by atoms with Gasteiger partial charge in [-0.3, -0.25) is 9.59 Å². The smallest absolute Gasteiger partial charge is 0.404 e. The van der Waals surface area contributed by atoms with Crippen molar-refractivity contribution in [2.75, 3.05) is 5.32 Å². The summed E-state index contributed by atoms with van der Waals surface area (Å²) < 4.78 is 42.0. The Morgan fingerprint density at radius 3 is 2.62 bits per heavy atom. The molecule has 0 saturated heterocycles. The Kier molecular flexibility index (Phi) is 5.22. The number of amides is 1. The predicted molar refractivity (Wildman–Crippen MR) is 79.6 cm³/mol. The van der Waals surface area contributed by atoms with Gasteiger partial charge >= 0.3 is 6.36 Å². The van der Waals surface area contributed by atoms with E-state index in [9.17, 15) is 22.8 Å². The van der Waals surface area contributed by atoms with Crippen molar-refractivity contribution in [3.05, 3.63) is 52.4 Å². The van der Waals surface area contributed by atoms with Gasteiger partial charge in [0.2, 0.25) is 5.91 Å². The molecule has 0 fully saturated rings. The number of benzene rings is 1. The van der Waals surface area contributed by atoms with Gasteiger partial charge in [0.15, 0.2) is 5.75 Å². The minimum atomic E-state index is -4.85. The lowest BCUT2D eigenvalue weighted by molar-refractivity contribution is -0.274. The topological polar surface area (TPSA) is 73.2 Å². The number of aryl methyl sites for hydroxylation is 2. The molecule has 24 heavy (non-hydrogen) atoms. The maximum atomic E-state index is 12.3. The second kappa shape index (κ2) is 7.16. The number of aromatic nitrogens is 2. The molecule has 2 rings (SSSR count). The second-order valence-corrected chi connectivity index (χ2v) is 4.88. The Morgan fingerprint density at radius 2 is 1.96 bits per heavy atom. The molecule has 0 atom stereocenters. The third-order valence-corrected chi connectivity index (χ3v) is 3.01. The summed E-state index contributed by atoms with van der Waals surface area (Å²) >= 11 is 0. The summed E-state index contributed by atoms with van der Waals surface area (Å²) in [6, 6.07) is 8.09. The van der Waals surface area contributed by atoms with Crippen LogP contribution in [0, 0.1) is 0 Å². The highest BCUT2D eigenvalue weighted by Crippen LogP contribution is 2.29. The van der Waals surface area contributed by atoms with Crippen LogP contribution in [-0.4, -0.2) is 22.1 Å². The normalized spacial score (nSPS) is 11.2. The van der Waals surface area contributed by atoms with Crippen LogP contribution in [0.5, 0.6) is 5.75 Å². The highest BCUT2D eigenvalue weighted by molar-refractivity contribution is 5.92. The third kappa shape index (κ3) is 5.11. The van der Waals surface area contributed by atoms with Crippen LogP contribution in [-0.2, 0) is 18.3 Å². The van der Waals surface area contributed by atoms with Crippen molar-refractivity contribution in [3.63, 3.8) is 0 Å². The predicted octanol–water partition coefficient (Wildman–Crippen LogP) is 2.25. The lowest BCUT2D eigenvalue weighted by Crippen LogP contribution is -2.21. The van der Waals surface area contributed by atoms with Gasteiger partial charge in [-0.05, 0) is 18.2 Å². The first kappa shape index (κ1) is 17.5. The molecule has 0 radical (unpaired) electrons. The first-order valence-corrected chi connectivity index (χ1v) is 6.92. The number of anilines is 1. The summed E-state index contributed by atoms with van der Waals surface area (Å²) in [6.45, 7) is 0. The average Bonchev–Trinajstić information content (AvgIpc) is 2.49. The molecule has 0 saturated carbocycles. The van der Waals surface area contributed by atoms with E-state index in [0.29, 0.717) is 5.69 Å². The highest BCUT2D eigenvalue weighted by atomic mass is 19.4. The van der Waals surface area contributed by atoms with E-state index in [1.165, 1.54) is 37.4 Å². The van der Waals surface area contributed by atoms with E-state index < -0.39 is 18.0 Å². The average molecular weight is 341 g/mol. The van der Waals surface area contributed by atoms with Crippen molar-refractivity contribution in [1.82, 2.24) is 9.78 Å². The standard InChI is InChI=1S/C15H14F3N3O3/c1-21-14(23)9-7-10(20-21)6-8-13(22)19-11-4-2-3-5-12(11)24-15(16,17)18/h2-5,7,9H,6,8H2,1H3,(H,19,22).